The van der Waals surface area contributed by atoms with Crippen LogP contribution >= 0.6 is 0 Å². The number of pyridine rings is 2. The number of nitrogens with zero attached hydrogens (tertiary/aromatic N) is 3. The molecule has 4 heteroatoms. The lowest BCUT2D eigenvalue weighted by atomic mass is 9.88. The summed E-state index contributed by atoms with van der Waals surface area (Å²) in [6.45, 7) is 5.86. The van der Waals surface area contributed by atoms with Gasteiger partial charge in [0, 0.05) is 43.6 Å². The van der Waals surface area contributed by atoms with E-state index >= 15 is 0 Å². The number of rotatable bonds is 6. The molecule has 1 aliphatic heterocycles. The van der Waals surface area contributed by atoms with Crippen LogP contribution in [0.15, 0.2) is 60.9 Å². The Morgan fingerprint density at radius 3 is 2.30 bits per heavy atom. The van der Waals surface area contributed by atoms with Crippen LogP contribution in [0.4, 0.5) is 0 Å². The van der Waals surface area contributed by atoms with Crippen LogP contribution in [-0.4, -0.2) is 20.9 Å². The van der Waals surface area contributed by atoms with Crippen molar-refractivity contribution in [2.45, 2.75) is 64.7 Å². The van der Waals surface area contributed by atoms with Crippen LogP contribution < -0.4 is 5.73 Å². The van der Waals surface area contributed by atoms with Crippen molar-refractivity contribution >= 4 is 0 Å². The Kier molecular flexibility index (Phi) is 6.56. The molecule has 2 unspecified atom stereocenters. The van der Waals surface area contributed by atoms with Crippen LogP contribution in [0.25, 0.3) is 0 Å². The second kappa shape index (κ2) is 9.50. The molecular formula is C26H32N4. The first kappa shape index (κ1) is 20.7. The lowest BCUT2D eigenvalue weighted by Crippen LogP contribution is -2.43. The summed E-state index contributed by atoms with van der Waals surface area (Å²) in [6, 6.07) is 17.9. The van der Waals surface area contributed by atoms with E-state index in [1.165, 1.54) is 46.5 Å². The van der Waals surface area contributed by atoms with Gasteiger partial charge in [-0.05, 0) is 67.5 Å². The Morgan fingerprint density at radius 1 is 0.900 bits per heavy atom. The largest absolute Gasteiger partial charge is 0.326 e. The maximum atomic E-state index is 5.80. The Labute approximate surface area is 180 Å². The Morgan fingerprint density at radius 2 is 1.60 bits per heavy atom. The van der Waals surface area contributed by atoms with E-state index in [-0.39, 0.29) is 0 Å². The van der Waals surface area contributed by atoms with Gasteiger partial charge in [0.1, 0.15) is 0 Å². The van der Waals surface area contributed by atoms with E-state index in [0.717, 1.165) is 19.4 Å². The van der Waals surface area contributed by atoms with Crippen LogP contribution in [0, 0.1) is 13.8 Å². The Balaban J connectivity index is 1.66. The van der Waals surface area contributed by atoms with Crippen molar-refractivity contribution in [1.82, 2.24) is 14.9 Å². The number of piperidine rings is 1. The monoisotopic (exact) mass is 400 g/mol. The quantitative estimate of drug-likeness (QED) is 0.640. The van der Waals surface area contributed by atoms with Gasteiger partial charge in [0.25, 0.3) is 0 Å². The first-order chi connectivity index (χ1) is 14.7. The maximum Gasteiger partial charge on any atom is 0.0604 e. The minimum absolute atomic E-state index is 0.336. The molecular weight excluding hydrogens is 368 g/mol. The predicted molar refractivity (Wildman–Crippen MR) is 122 cm³/mol. The highest BCUT2D eigenvalue weighted by Gasteiger charge is 2.33. The molecule has 0 saturated carbocycles. The van der Waals surface area contributed by atoms with Crippen molar-refractivity contribution in [2.75, 3.05) is 0 Å². The molecule has 30 heavy (non-hydrogen) atoms. The smallest absolute Gasteiger partial charge is 0.0604 e. The zero-order valence-electron chi connectivity index (χ0n) is 18.1. The fraction of sp³-hybridized carbons (Fsp3) is 0.385. The number of benzene rings is 1. The van der Waals surface area contributed by atoms with Gasteiger partial charge in [0.05, 0.1) is 11.7 Å². The fourth-order valence-corrected chi connectivity index (χ4v) is 4.68. The van der Waals surface area contributed by atoms with Crippen LogP contribution in [-0.2, 0) is 19.5 Å². The van der Waals surface area contributed by atoms with Gasteiger partial charge in [-0.25, -0.2) is 0 Å². The number of likely N-dealkylation sites (tertiary alicyclic amines) is 1. The van der Waals surface area contributed by atoms with Crippen molar-refractivity contribution < 1.29 is 0 Å². The highest BCUT2D eigenvalue weighted by atomic mass is 15.2. The summed E-state index contributed by atoms with van der Waals surface area (Å²) in [5.41, 5.74) is 13.3. The molecule has 0 radical (unpaired) electrons. The molecule has 3 heterocycles. The molecule has 1 aromatic carbocycles. The average molecular weight is 401 g/mol. The number of aryl methyl sites for hydroxylation is 2. The van der Waals surface area contributed by atoms with E-state index in [1.807, 2.05) is 24.5 Å². The third-order valence-corrected chi connectivity index (χ3v) is 6.42. The summed E-state index contributed by atoms with van der Waals surface area (Å²) >= 11 is 0. The molecule has 2 aromatic heterocycles. The molecule has 0 amide bonds. The third kappa shape index (κ3) is 4.61. The predicted octanol–water partition coefficient (Wildman–Crippen LogP) is 4.89. The minimum Gasteiger partial charge on any atom is -0.326 e. The summed E-state index contributed by atoms with van der Waals surface area (Å²) in [6.07, 6.45) is 8.40. The van der Waals surface area contributed by atoms with Gasteiger partial charge in [-0.2, -0.15) is 0 Å². The molecule has 4 nitrogen and oxygen atoms in total. The van der Waals surface area contributed by atoms with Crippen LogP contribution in [0.2, 0.25) is 0 Å². The second-order valence-electron chi connectivity index (χ2n) is 8.47. The summed E-state index contributed by atoms with van der Waals surface area (Å²) < 4.78 is 0. The van der Waals surface area contributed by atoms with Crippen molar-refractivity contribution in [1.29, 1.82) is 0 Å². The number of hydrogen-bond donors (Lipinski definition) is 1. The zero-order valence-corrected chi connectivity index (χ0v) is 18.1. The first-order valence-corrected chi connectivity index (χ1v) is 11.0. The van der Waals surface area contributed by atoms with Gasteiger partial charge < -0.3 is 5.73 Å². The van der Waals surface area contributed by atoms with Gasteiger partial charge in [0.15, 0.2) is 0 Å². The van der Waals surface area contributed by atoms with Gasteiger partial charge in [-0.15, -0.1) is 0 Å². The molecule has 3 aromatic rings. The van der Waals surface area contributed by atoms with Crippen molar-refractivity contribution in [3.63, 3.8) is 0 Å². The summed E-state index contributed by atoms with van der Waals surface area (Å²) in [5, 5.41) is 0. The lowest BCUT2D eigenvalue weighted by molar-refractivity contribution is 0.0704. The third-order valence-electron chi connectivity index (χ3n) is 6.42. The Bertz CT molecular complexity index is 967. The van der Waals surface area contributed by atoms with Crippen molar-refractivity contribution in [3.8, 4) is 0 Å². The maximum absolute atomic E-state index is 5.80. The van der Waals surface area contributed by atoms with E-state index in [4.69, 9.17) is 15.7 Å². The standard InChI is InChI=1S/C26H32N4/c1-19-6-4-14-28-24(19)16-23-8-3-9-25(26-20(2)7-5-15-29-26)30(23)18-22-12-10-21(17-27)11-13-22/h4-7,10-15,23,25H,3,8-9,16-18,27H2,1-2H3. The second-order valence-corrected chi connectivity index (χ2v) is 8.47. The van der Waals surface area contributed by atoms with E-state index in [9.17, 15) is 0 Å². The Hall–Kier alpha value is -2.56. The van der Waals surface area contributed by atoms with E-state index in [1.54, 1.807) is 0 Å². The SMILES string of the molecule is Cc1cccnc1CC1CCCC(c2ncccc2C)N1Cc1ccc(CN)cc1. The number of aromatic nitrogens is 2. The van der Waals surface area contributed by atoms with Crippen LogP contribution in [0.3, 0.4) is 0 Å². The molecule has 0 aliphatic carbocycles. The highest BCUT2D eigenvalue weighted by Crippen LogP contribution is 2.37. The van der Waals surface area contributed by atoms with Crippen LogP contribution in [0.1, 0.15) is 58.9 Å². The van der Waals surface area contributed by atoms with E-state index in [0.29, 0.717) is 18.6 Å². The normalized spacial score (nSPS) is 19.7. The molecule has 1 fully saturated rings. The minimum atomic E-state index is 0.336. The fourth-order valence-electron chi connectivity index (χ4n) is 4.68. The van der Waals surface area contributed by atoms with Crippen molar-refractivity contribution in [2.24, 2.45) is 5.73 Å². The van der Waals surface area contributed by atoms with Crippen molar-refractivity contribution in [3.05, 3.63) is 94.6 Å². The van der Waals surface area contributed by atoms with Gasteiger partial charge in [-0.1, -0.05) is 36.4 Å². The average Bonchev–Trinajstić information content (AvgIpc) is 2.77. The zero-order chi connectivity index (χ0) is 20.9. The summed E-state index contributed by atoms with van der Waals surface area (Å²) in [5.74, 6) is 0. The molecule has 2 N–H and O–H groups in total. The molecule has 1 aliphatic rings. The molecule has 4 rings (SSSR count). The van der Waals surface area contributed by atoms with E-state index < -0.39 is 0 Å². The molecule has 156 valence electrons. The van der Waals surface area contributed by atoms with Gasteiger partial charge in [0.2, 0.25) is 0 Å². The summed E-state index contributed by atoms with van der Waals surface area (Å²) in [4.78, 5) is 12.2. The van der Waals surface area contributed by atoms with Crippen LogP contribution in [0.5, 0.6) is 0 Å². The van der Waals surface area contributed by atoms with Gasteiger partial charge >= 0.3 is 0 Å². The molecule has 2 atom stereocenters. The van der Waals surface area contributed by atoms with Gasteiger partial charge in [-0.3, -0.25) is 14.9 Å². The number of hydrogen-bond acceptors (Lipinski definition) is 4. The molecule has 0 bridgehead atoms. The van der Waals surface area contributed by atoms with E-state index in [2.05, 4.69) is 55.1 Å². The molecule has 1 saturated heterocycles. The number of nitrogens with two attached hydrogens (primary N) is 1. The molecule has 0 spiro atoms. The topological polar surface area (TPSA) is 55.0 Å². The highest BCUT2D eigenvalue weighted by molar-refractivity contribution is 5.26. The summed E-state index contributed by atoms with van der Waals surface area (Å²) in [7, 11) is 0. The lowest BCUT2D eigenvalue weighted by Gasteiger charge is -2.42. The first-order valence-electron chi connectivity index (χ1n) is 11.0.